The topological polar surface area (TPSA) is 30.5 Å². The fourth-order valence-corrected chi connectivity index (χ4v) is 1.77. The highest BCUT2D eigenvalue weighted by Gasteiger charge is 2.16. The van der Waals surface area contributed by atoms with Crippen LogP contribution in [0.15, 0.2) is 24.3 Å². The number of benzene rings is 1. The van der Waals surface area contributed by atoms with E-state index in [2.05, 4.69) is 39.1 Å². The van der Waals surface area contributed by atoms with Gasteiger partial charge in [-0.05, 0) is 44.9 Å². The molecule has 1 rings (SSSR count). The van der Waals surface area contributed by atoms with Crippen molar-refractivity contribution in [2.75, 3.05) is 20.3 Å². The smallest absolute Gasteiger partial charge is 0.119 e. The second-order valence-corrected chi connectivity index (χ2v) is 5.77. The van der Waals surface area contributed by atoms with Crippen molar-refractivity contribution in [3.8, 4) is 5.75 Å². The van der Waals surface area contributed by atoms with Gasteiger partial charge in [-0.2, -0.15) is 0 Å². The normalized spacial score (nSPS) is 13.3. The van der Waals surface area contributed by atoms with E-state index in [1.807, 2.05) is 18.2 Å². The Morgan fingerprint density at radius 3 is 2.58 bits per heavy atom. The van der Waals surface area contributed by atoms with Crippen LogP contribution in [0.1, 0.15) is 45.8 Å². The van der Waals surface area contributed by atoms with Crippen LogP contribution < -0.4 is 10.1 Å². The molecule has 0 spiro atoms. The molecule has 3 nitrogen and oxygen atoms in total. The lowest BCUT2D eigenvalue weighted by atomic mass is 10.1. The van der Waals surface area contributed by atoms with Crippen molar-refractivity contribution in [1.29, 1.82) is 0 Å². The van der Waals surface area contributed by atoms with Gasteiger partial charge in [-0.25, -0.2) is 0 Å². The van der Waals surface area contributed by atoms with E-state index < -0.39 is 0 Å². The van der Waals surface area contributed by atoms with E-state index in [9.17, 15) is 0 Å². The Morgan fingerprint density at radius 2 is 2.00 bits per heavy atom. The highest BCUT2D eigenvalue weighted by molar-refractivity contribution is 5.30. The Hall–Kier alpha value is -1.06. The summed E-state index contributed by atoms with van der Waals surface area (Å²) >= 11 is 0. The van der Waals surface area contributed by atoms with E-state index in [1.165, 1.54) is 0 Å². The third-order valence-electron chi connectivity index (χ3n) is 2.81. The molecule has 19 heavy (non-hydrogen) atoms. The average molecular weight is 265 g/mol. The van der Waals surface area contributed by atoms with E-state index in [4.69, 9.17) is 9.47 Å². The maximum atomic E-state index is 5.95. The fraction of sp³-hybridized carbons (Fsp3) is 0.625. The molecule has 0 saturated carbocycles. The summed E-state index contributed by atoms with van der Waals surface area (Å²) in [5.41, 5.74) is 1.25. The SMILES string of the molecule is CCCOC(CNC(C)(C)C)c1cccc(OC)c1. The molecule has 0 heterocycles. The summed E-state index contributed by atoms with van der Waals surface area (Å²) < 4.78 is 11.2. The average Bonchev–Trinajstić information content (AvgIpc) is 2.38. The van der Waals surface area contributed by atoms with Crippen LogP contribution >= 0.6 is 0 Å². The standard InChI is InChI=1S/C16H27NO2/c1-6-10-19-15(12-17-16(2,3)4)13-8-7-9-14(11-13)18-5/h7-9,11,15,17H,6,10,12H2,1-5H3. The molecule has 1 aromatic rings. The molecule has 108 valence electrons. The van der Waals surface area contributed by atoms with Crippen LogP contribution in [0.2, 0.25) is 0 Å². The lowest BCUT2D eigenvalue weighted by Gasteiger charge is -2.26. The monoisotopic (exact) mass is 265 g/mol. The maximum Gasteiger partial charge on any atom is 0.119 e. The van der Waals surface area contributed by atoms with Crippen LogP contribution in [-0.2, 0) is 4.74 Å². The molecule has 0 aliphatic heterocycles. The minimum absolute atomic E-state index is 0.0641. The molecule has 0 bridgehead atoms. The quantitative estimate of drug-likeness (QED) is 0.818. The van der Waals surface area contributed by atoms with E-state index >= 15 is 0 Å². The van der Waals surface area contributed by atoms with Crippen LogP contribution in [-0.4, -0.2) is 25.8 Å². The molecule has 1 atom stereocenters. The zero-order valence-corrected chi connectivity index (χ0v) is 12.8. The minimum Gasteiger partial charge on any atom is -0.497 e. The number of methoxy groups -OCH3 is 1. The lowest BCUT2D eigenvalue weighted by molar-refractivity contribution is 0.0485. The number of nitrogens with one attached hydrogen (secondary N) is 1. The van der Waals surface area contributed by atoms with Crippen LogP contribution in [0.25, 0.3) is 0 Å². The Bertz CT molecular complexity index is 371. The predicted molar refractivity (Wildman–Crippen MR) is 79.7 cm³/mol. The molecule has 0 saturated heterocycles. The zero-order chi connectivity index (χ0) is 14.3. The molecule has 1 N–H and O–H groups in total. The van der Waals surface area contributed by atoms with Gasteiger partial charge in [0.05, 0.1) is 13.2 Å². The van der Waals surface area contributed by atoms with Crippen LogP contribution in [0.4, 0.5) is 0 Å². The summed E-state index contributed by atoms with van der Waals surface area (Å²) in [6, 6.07) is 8.10. The highest BCUT2D eigenvalue weighted by Crippen LogP contribution is 2.22. The van der Waals surface area contributed by atoms with Gasteiger partial charge in [-0.3, -0.25) is 0 Å². The largest absolute Gasteiger partial charge is 0.497 e. The van der Waals surface area contributed by atoms with Gasteiger partial charge in [0.25, 0.3) is 0 Å². The molecular weight excluding hydrogens is 238 g/mol. The Kier molecular flexibility index (Phi) is 6.32. The van der Waals surface area contributed by atoms with Crippen molar-refractivity contribution in [3.63, 3.8) is 0 Å². The second-order valence-electron chi connectivity index (χ2n) is 5.77. The number of hydrogen-bond donors (Lipinski definition) is 1. The lowest BCUT2D eigenvalue weighted by Crippen LogP contribution is -2.39. The van der Waals surface area contributed by atoms with Crippen LogP contribution in [0, 0.1) is 0 Å². The fourth-order valence-electron chi connectivity index (χ4n) is 1.77. The Labute approximate surface area is 117 Å². The van der Waals surface area contributed by atoms with Gasteiger partial charge in [0, 0.05) is 18.7 Å². The highest BCUT2D eigenvalue weighted by atomic mass is 16.5. The minimum atomic E-state index is 0.0641. The van der Waals surface area contributed by atoms with Gasteiger partial charge < -0.3 is 14.8 Å². The first-order valence-electron chi connectivity index (χ1n) is 6.97. The Balaban J connectivity index is 2.76. The molecule has 3 heteroatoms. The molecule has 0 amide bonds. The summed E-state index contributed by atoms with van der Waals surface area (Å²) in [6.07, 6.45) is 1.09. The summed E-state index contributed by atoms with van der Waals surface area (Å²) in [7, 11) is 1.69. The van der Waals surface area contributed by atoms with Crippen LogP contribution in [0.5, 0.6) is 5.75 Å². The number of hydrogen-bond acceptors (Lipinski definition) is 3. The molecule has 0 radical (unpaired) electrons. The molecule has 0 aromatic heterocycles. The van der Waals surface area contributed by atoms with Crippen LogP contribution in [0.3, 0.4) is 0 Å². The van der Waals surface area contributed by atoms with Gasteiger partial charge in [0.1, 0.15) is 5.75 Å². The first-order chi connectivity index (χ1) is 8.96. The molecule has 0 aliphatic rings. The van der Waals surface area contributed by atoms with Gasteiger partial charge in [0.15, 0.2) is 0 Å². The van der Waals surface area contributed by atoms with Crippen molar-refractivity contribution in [2.24, 2.45) is 0 Å². The van der Waals surface area contributed by atoms with Crippen molar-refractivity contribution >= 4 is 0 Å². The third-order valence-corrected chi connectivity index (χ3v) is 2.81. The molecule has 1 unspecified atom stereocenters. The summed E-state index contributed by atoms with van der Waals surface area (Å²) in [5, 5.41) is 3.50. The molecule has 0 fully saturated rings. The summed E-state index contributed by atoms with van der Waals surface area (Å²) in [5.74, 6) is 0.873. The second kappa shape index (κ2) is 7.51. The zero-order valence-electron chi connectivity index (χ0n) is 12.8. The molecule has 1 aromatic carbocycles. The van der Waals surface area contributed by atoms with Crippen molar-refractivity contribution in [3.05, 3.63) is 29.8 Å². The number of ether oxygens (including phenoxy) is 2. The maximum absolute atomic E-state index is 5.95. The van der Waals surface area contributed by atoms with Gasteiger partial charge in [0.2, 0.25) is 0 Å². The van der Waals surface area contributed by atoms with Crippen molar-refractivity contribution in [1.82, 2.24) is 5.32 Å². The van der Waals surface area contributed by atoms with E-state index in [1.54, 1.807) is 7.11 Å². The number of rotatable bonds is 7. The summed E-state index contributed by atoms with van der Waals surface area (Å²) in [6.45, 7) is 10.2. The van der Waals surface area contributed by atoms with Crippen molar-refractivity contribution in [2.45, 2.75) is 45.8 Å². The van der Waals surface area contributed by atoms with Gasteiger partial charge in [-0.15, -0.1) is 0 Å². The predicted octanol–water partition coefficient (Wildman–Crippen LogP) is 3.55. The summed E-state index contributed by atoms with van der Waals surface area (Å²) in [4.78, 5) is 0. The Morgan fingerprint density at radius 1 is 1.26 bits per heavy atom. The molecular formula is C16H27NO2. The first-order valence-corrected chi connectivity index (χ1v) is 6.97. The van der Waals surface area contributed by atoms with Gasteiger partial charge in [-0.1, -0.05) is 19.1 Å². The third kappa shape index (κ3) is 6.08. The van der Waals surface area contributed by atoms with Gasteiger partial charge >= 0.3 is 0 Å². The van der Waals surface area contributed by atoms with E-state index in [0.717, 1.165) is 30.9 Å². The van der Waals surface area contributed by atoms with Crippen molar-refractivity contribution < 1.29 is 9.47 Å². The van der Waals surface area contributed by atoms with E-state index in [0.29, 0.717) is 0 Å². The van der Waals surface area contributed by atoms with E-state index in [-0.39, 0.29) is 11.6 Å². The first kappa shape index (κ1) is 16.0. The molecule has 0 aliphatic carbocycles.